The topological polar surface area (TPSA) is 37.3 Å². The van der Waals surface area contributed by atoms with E-state index in [1.165, 1.54) is 6.07 Å². The van der Waals surface area contributed by atoms with Crippen LogP contribution in [0.1, 0.15) is 28.9 Å². The maximum absolute atomic E-state index is 13.8. The third kappa shape index (κ3) is 3.97. The SMILES string of the molecule is Cn1cc(Cl)cc1C(=O)N[C@H]1CCCN(Cc2ccccc2F)C1. The van der Waals surface area contributed by atoms with Crippen LogP contribution in [0, 0.1) is 5.82 Å². The molecule has 4 nitrogen and oxygen atoms in total. The van der Waals surface area contributed by atoms with Gasteiger partial charge in [-0.3, -0.25) is 9.69 Å². The van der Waals surface area contributed by atoms with Crippen LogP contribution in [0.4, 0.5) is 4.39 Å². The molecule has 1 aromatic carbocycles. The van der Waals surface area contributed by atoms with E-state index in [1.54, 1.807) is 29.9 Å². The first-order chi connectivity index (χ1) is 11.5. The van der Waals surface area contributed by atoms with Crippen LogP contribution < -0.4 is 5.32 Å². The van der Waals surface area contributed by atoms with Gasteiger partial charge >= 0.3 is 0 Å². The predicted octanol–water partition coefficient (Wildman–Crippen LogP) is 3.21. The molecule has 1 fully saturated rings. The zero-order chi connectivity index (χ0) is 17.1. The molecule has 1 atom stereocenters. The molecule has 1 aliphatic heterocycles. The van der Waals surface area contributed by atoms with E-state index in [1.807, 2.05) is 12.1 Å². The van der Waals surface area contributed by atoms with Crippen LogP contribution in [0.15, 0.2) is 36.5 Å². The minimum absolute atomic E-state index is 0.0618. The maximum Gasteiger partial charge on any atom is 0.268 e. The van der Waals surface area contributed by atoms with Gasteiger partial charge in [-0.15, -0.1) is 0 Å². The highest BCUT2D eigenvalue weighted by Crippen LogP contribution is 2.17. The van der Waals surface area contributed by atoms with Gasteiger partial charge in [-0.2, -0.15) is 0 Å². The van der Waals surface area contributed by atoms with Crippen LogP contribution in [0.25, 0.3) is 0 Å². The first-order valence-corrected chi connectivity index (χ1v) is 8.49. The van der Waals surface area contributed by atoms with Crippen LogP contribution in [0.2, 0.25) is 5.02 Å². The summed E-state index contributed by atoms with van der Waals surface area (Å²) in [5.74, 6) is -0.302. The summed E-state index contributed by atoms with van der Waals surface area (Å²) in [4.78, 5) is 14.6. The fourth-order valence-electron chi connectivity index (χ4n) is 3.19. The average molecular weight is 350 g/mol. The summed E-state index contributed by atoms with van der Waals surface area (Å²) >= 11 is 5.94. The second-order valence-corrected chi connectivity index (χ2v) is 6.73. The summed E-state index contributed by atoms with van der Waals surface area (Å²) in [6.45, 7) is 2.20. The molecule has 24 heavy (non-hydrogen) atoms. The number of nitrogens with zero attached hydrogens (tertiary/aromatic N) is 2. The molecule has 1 aromatic heterocycles. The van der Waals surface area contributed by atoms with Gasteiger partial charge in [0, 0.05) is 37.9 Å². The second-order valence-electron chi connectivity index (χ2n) is 6.29. The van der Waals surface area contributed by atoms with Crippen LogP contribution >= 0.6 is 11.6 Å². The lowest BCUT2D eigenvalue weighted by Gasteiger charge is -2.33. The number of piperidine rings is 1. The van der Waals surface area contributed by atoms with Crippen molar-refractivity contribution in [1.82, 2.24) is 14.8 Å². The highest BCUT2D eigenvalue weighted by atomic mass is 35.5. The Kier molecular flexibility index (Phi) is 5.21. The molecule has 1 N–H and O–H groups in total. The van der Waals surface area contributed by atoms with Gasteiger partial charge in [0.1, 0.15) is 11.5 Å². The van der Waals surface area contributed by atoms with E-state index in [2.05, 4.69) is 10.2 Å². The van der Waals surface area contributed by atoms with Crippen LogP contribution in [-0.2, 0) is 13.6 Å². The number of halogens is 2. The van der Waals surface area contributed by atoms with E-state index in [0.717, 1.165) is 25.9 Å². The maximum atomic E-state index is 13.8. The number of hydrogen-bond acceptors (Lipinski definition) is 2. The van der Waals surface area contributed by atoms with Crippen LogP contribution in [0.5, 0.6) is 0 Å². The van der Waals surface area contributed by atoms with Crippen molar-refractivity contribution in [1.29, 1.82) is 0 Å². The van der Waals surface area contributed by atoms with Gasteiger partial charge in [0.2, 0.25) is 0 Å². The van der Waals surface area contributed by atoms with Crippen LogP contribution in [-0.4, -0.2) is 34.5 Å². The Morgan fingerprint density at radius 1 is 1.42 bits per heavy atom. The molecule has 1 saturated heterocycles. The molecule has 0 unspecified atom stereocenters. The van der Waals surface area contributed by atoms with Gasteiger partial charge in [-0.1, -0.05) is 29.8 Å². The van der Waals surface area contributed by atoms with E-state index >= 15 is 0 Å². The smallest absolute Gasteiger partial charge is 0.268 e. The molecule has 0 radical (unpaired) electrons. The predicted molar refractivity (Wildman–Crippen MR) is 92.6 cm³/mol. The summed E-state index contributed by atoms with van der Waals surface area (Å²) in [7, 11) is 1.80. The molecule has 1 aliphatic rings. The standard InChI is InChI=1S/C18H21ClFN3O/c1-22-11-14(19)9-17(22)18(24)21-15-6-4-8-23(12-15)10-13-5-2-3-7-16(13)20/h2-3,5,7,9,11,15H,4,6,8,10,12H2,1H3,(H,21,24)/t15-/m0/s1. The molecular formula is C18H21ClFN3O. The number of carbonyl (C=O) groups excluding carboxylic acids is 1. The zero-order valence-corrected chi connectivity index (χ0v) is 14.4. The Morgan fingerprint density at radius 3 is 2.92 bits per heavy atom. The van der Waals surface area contributed by atoms with E-state index in [4.69, 9.17) is 11.6 Å². The van der Waals surface area contributed by atoms with E-state index < -0.39 is 0 Å². The Bertz CT molecular complexity index is 731. The van der Waals surface area contributed by atoms with Crippen molar-refractivity contribution < 1.29 is 9.18 Å². The van der Waals surface area contributed by atoms with Gasteiger partial charge in [0.15, 0.2) is 0 Å². The number of carbonyl (C=O) groups is 1. The fourth-order valence-corrected chi connectivity index (χ4v) is 3.44. The molecule has 0 bridgehead atoms. The largest absolute Gasteiger partial charge is 0.347 e. The summed E-state index contributed by atoms with van der Waals surface area (Å²) in [6, 6.07) is 8.56. The first-order valence-electron chi connectivity index (χ1n) is 8.11. The van der Waals surface area contributed by atoms with Crippen molar-refractivity contribution >= 4 is 17.5 Å². The molecular weight excluding hydrogens is 329 g/mol. The Labute approximate surface area is 146 Å². The third-order valence-corrected chi connectivity index (χ3v) is 4.60. The Morgan fingerprint density at radius 2 is 2.21 bits per heavy atom. The molecule has 3 rings (SSSR count). The molecule has 128 valence electrons. The molecule has 6 heteroatoms. The van der Waals surface area contributed by atoms with Crippen molar-refractivity contribution in [3.05, 3.63) is 58.6 Å². The lowest BCUT2D eigenvalue weighted by Crippen LogP contribution is -2.47. The van der Waals surface area contributed by atoms with E-state index in [0.29, 0.717) is 22.8 Å². The highest BCUT2D eigenvalue weighted by molar-refractivity contribution is 6.31. The quantitative estimate of drug-likeness (QED) is 0.920. The van der Waals surface area contributed by atoms with E-state index in [-0.39, 0.29) is 17.8 Å². The number of hydrogen-bond donors (Lipinski definition) is 1. The first kappa shape index (κ1) is 17.0. The Balaban J connectivity index is 1.60. The number of aryl methyl sites for hydroxylation is 1. The monoisotopic (exact) mass is 349 g/mol. The molecule has 0 saturated carbocycles. The van der Waals surface area contributed by atoms with Crippen molar-refractivity contribution in [3.63, 3.8) is 0 Å². The normalized spacial score (nSPS) is 18.5. The third-order valence-electron chi connectivity index (χ3n) is 4.40. The fraction of sp³-hybridized carbons (Fsp3) is 0.389. The van der Waals surface area contributed by atoms with Crippen LogP contribution in [0.3, 0.4) is 0 Å². The molecule has 0 spiro atoms. The van der Waals surface area contributed by atoms with E-state index in [9.17, 15) is 9.18 Å². The number of rotatable bonds is 4. The minimum Gasteiger partial charge on any atom is -0.347 e. The lowest BCUT2D eigenvalue weighted by molar-refractivity contribution is 0.0892. The summed E-state index contributed by atoms with van der Waals surface area (Å²) in [6.07, 6.45) is 3.62. The van der Waals surface area contributed by atoms with Gasteiger partial charge in [0.05, 0.1) is 5.02 Å². The van der Waals surface area contributed by atoms with Crippen molar-refractivity contribution in [2.75, 3.05) is 13.1 Å². The summed E-state index contributed by atoms with van der Waals surface area (Å²) < 4.78 is 15.5. The average Bonchev–Trinajstić information content (AvgIpc) is 2.89. The number of nitrogens with one attached hydrogen (secondary N) is 1. The highest BCUT2D eigenvalue weighted by Gasteiger charge is 2.23. The molecule has 0 aliphatic carbocycles. The lowest BCUT2D eigenvalue weighted by atomic mass is 10.0. The number of amides is 1. The number of benzene rings is 1. The van der Waals surface area contributed by atoms with Gasteiger partial charge in [0.25, 0.3) is 5.91 Å². The minimum atomic E-state index is -0.179. The zero-order valence-electron chi connectivity index (χ0n) is 13.6. The molecule has 2 aromatic rings. The molecule has 2 heterocycles. The summed E-state index contributed by atoms with van der Waals surface area (Å²) in [5, 5.41) is 3.61. The Hall–Kier alpha value is -1.85. The van der Waals surface area contributed by atoms with Gasteiger partial charge in [-0.25, -0.2) is 4.39 Å². The van der Waals surface area contributed by atoms with Gasteiger partial charge < -0.3 is 9.88 Å². The molecule has 1 amide bonds. The summed E-state index contributed by atoms with van der Waals surface area (Å²) in [5.41, 5.74) is 1.24. The van der Waals surface area contributed by atoms with Crippen molar-refractivity contribution in [2.24, 2.45) is 7.05 Å². The van der Waals surface area contributed by atoms with Gasteiger partial charge in [-0.05, 0) is 31.5 Å². The van der Waals surface area contributed by atoms with Crippen molar-refractivity contribution in [3.8, 4) is 0 Å². The number of aromatic nitrogens is 1. The van der Waals surface area contributed by atoms with Crippen molar-refractivity contribution in [2.45, 2.75) is 25.4 Å². The number of likely N-dealkylation sites (tertiary alicyclic amines) is 1. The second kappa shape index (κ2) is 7.36.